The standard InChI is InChI=1S/C23H21Cl2N5O/c24-15-3-6-18(22-26-8-1-9-27-22)19(11-15)23(31)30-17(5-2-14-10-20(14)30)13-29-21-7-4-16(25)12-28-21/h1,3-4,6-9,11-12,14,17,20H,2,5,10,13H2,(H,28,29). The van der Waals surface area contributed by atoms with Gasteiger partial charge in [0.2, 0.25) is 0 Å². The van der Waals surface area contributed by atoms with Crippen LogP contribution in [-0.2, 0) is 0 Å². The van der Waals surface area contributed by atoms with Crippen molar-refractivity contribution in [3.8, 4) is 11.4 Å². The van der Waals surface area contributed by atoms with Gasteiger partial charge in [-0.25, -0.2) is 15.0 Å². The van der Waals surface area contributed by atoms with Crippen molar-refractivity contribution in [2.24, 2.45) is 5.92 Å². The Labute approximate surface area is 190 Å². The van der Waals surface area contributed by atoms with Gasteiger partial charge >= 0.3 is 0 Å². The molecule has 6 nitrogen and oxygen atoms in total. The molecule has 1 aliphatic carbocycles. The average Bonchev–Trinajstić information content (AvgIpc) is 3.58. The number of hydrogen-bond donors (Lipinski definition) is 1. The molecule has 31 heavy (non-hydrogen) atoms. The summed E-state index contributed by atoms with van der Waals surface area (Å²) in [6.07, 6.45) is 8.11. The minimum Gasteiger partial charge on any atom is -0.368 e. The second kappa shape index (κ2) is 8.44. The Hall–Kier alpha value is -2.70. The third-order valence-electron chi connectivity index (χ3n) is 6.01. The number of nitrogens with zero attached hydrogens (tertiary/aromatic N) is 4. The molecule has 1 aliphatic heterocycles. The zero-order chi connectivity index (χ0) is 21.4. The molecule has 0 radical (unpaired) electrons. The molecule has 0 bridgehead atoms. The summed E-state index contributed by atoms with van der Waals surface area (Å²) in [5.41, 5.74) is 1.24. The molecule has 2 fully saturated rings. The minimum absolute atomic E-state index is 0.0204. The van der Waals surface area contributed by atoms with E-state index in [1.54, 1.807) is 42.9 Å². The lowest BCUT2D eigenvalue weighted by atomic mass is 9.98. The van der Waals surface area contributed by atoms with E-state index in [-0.39, 0.29) is 18.0 Å². The summed E-state index contributed by atoms with van der Waals surface area (Å²) in [6.45, 7) is 0.626. The molecular formula is C23H21Cl2N5O. The van der Waals surface area contributed by atoms with E-state index in [1.165, 1.54) is 0 Å². The van der Waals surface area contributed by atoms with Gasteiger partial charge in [-0.15, -0.1) is 0 Å². The number of benzene rings is 1. The van der Waals surface area contributed by atoms with E-state index in [4.69, 9.17) is 23.2 Å². The Morgan fingerprint density at radius 1 is 1.06 bits per heavy atom. The Bertz CT molecular complexity index is 1090. The van der Waals surface area contributed by atoms with Crippen LogP contribution in [0.3, 0.4) is 0 Å². The third kappa shape index (κ3) is 4.23. The smallest absolute Gasteiger partial charge is 0.255 e. The van der Waals surface area contributed by atoms with E-state index in [0.29, 0.717) is 39.5 Å². The molecule has 5 rings (SSSR count). The number of amides is 1. The first-order valence-corrected chi connectivity index (χ1v) is 11.1. The SMILES string of the molecule is O=C(c1cc(Cl)ccc1-c1ncccn1)N1C(CNc2ccc(Cl)cn2)CCC2CC21. The van der Waals surface area contributed by atoms with Crippen LogP contribution in [0.5, 0.6) is 0 Å². The fraction of sp³-hybridized carbons (Fsp3) is 0.304. The molecular weight excluding hydrogens is 433 g/mol. The van der Waals surface area contributed by atoms with Gasteiger partial charge in [-0.1, -0.05) is 23.2 Å². The molecule has 1 N–H and O–H groups in total. The molecule has 2 aliphatic rings. The van der Waals surface area contributed by atoms with Crippen LogP contribution >= 0.6 is 23.2 Å². The van der Waals surface area contributed by atoms with Crippen molar-refractivity contribution in [1.82, 2.24) is 19.9 Å². The highest BCUT2D eigenvalue weighted by atomic mass is 35.5. The molecule has 1 aromatic carbocycles. The van der Waals surface area contributed by atoms with Crippen LogP contribution < -0.4 is 5.32 Å². The highest BCUT2D eigenvalue weighted by Crippen LogP contribution is 2.46. The number of piperidine rings is 1. The predicted octanol–water partition coefficient (Wildman–Crippen LogP) is 4.95. The van der Waals surface area contributed by atoms with Gasteiger partial charge in [0.15, 0.2) is 5.82 Å². The van der Waals surface area contributed by atoms with Gasteiger partial charge in [0.05, 0.1) is 10.6 Å². The molecule has 2 aromatic heterocycles. The summed E-state index contributed by atoms with van der Waals surface area (Å²) in [4.78, 5) is 28.8. The third-order valence-corrected chi connectivity index (χ3v) is 6.46. The Morgan fingerprint density at radius 3 is 2.65 bits per heavy atom. The molecule has 3 atom stereocenters. The lowest BCUT2D eigenvalue weighted by Crippen LogP contribution is -2.48. The van der Waals surface area contributed by atoms with Gasteiger partial charge in [-0.2, -0.15) is 0 Å². The predicted molar refractivity (Wildman–Crippen MR) is 121 cm³/mol. The molecule has 1 saturated carbocycles. The Morgan fingerprint density at radius 2 is 1.87 bits per heavy atom. The van der Waals surface area contributed by atoms with Gasteiger partial charge < -0.3 is 10.2 Å². The van der Waals surface area contributed by atoms with Crippen LogP contribution in [0.15, 0.2) is 55.0 Å². The summed E-state index contributed by atoms with van der Waals surface area (Å²) in [6, 6.07) is 11.1. The van der Waals surface area contributed by atoms with Crippen LogP contribution in [0.1, 0.15) is 29.6 Å². The van der Waals surface area contributed by atoms with Crippen molar-refractivity contribution in [2.75, 3.05) is 11.9 Å². The second-order valence-corrected chi connectivity index (χ2v) is 8.88. The number of pyridine rings is 1. The maximum Gasteiger partial charge on any atom is 0.255 e. The highest BCUT2D eigenvalue weighted by molar-refractivity contribution is 6.31. The Kier molecular flexibility index (Phi) is 5.50. The first-order valence-electron chi connectivity index (χ1n) is 10.3. The molecule has 3 aromatic rings. The van der Waals surface area contributed by atoms with Crippen molar-refractivity contribution < 1.29 is 4.79 Å². The van der Waals surface area contributed by atoms with Gasteiger partial charge in [0, 0.05) is 47.8 Å². The fourth-order valence-corrected chi connectivity index (χ4v) is 4.67. The lowest BCUT2D eigenvalue weighted by molar-refractivity contribution is 0.0604. The lowest BCUT2D eigenvalue weighted by Gasteiger charge is -2.36. The number of likely N-dealkylation sites (tertiary alicyclic amines) is 1. The topological polar surface area (TPSA) is 71.0 Å². The maximum atomic E-state index is 13.8. The first kappa shape index (κ1) is 20.2. The van der Waals surface area contributed by atoms with E-state index in [1.807, 2.05) is 17.0 Å². The monoisotopic (exact) mass is 453 g/mol. The van der Waals surface area contributed by atoms with Gasteiger partial charge in [0.25, 0.3) is 5.91 Å². The number of halogens is 2. The molecule has 8 heteroatoms. The van der Waals surface area contributed by atoms with Crippen LogP contribution in [0.25, 0.3) is 11.4 Å². The summed E-state index contributed by atoms with van der Waals surface area (Å²) in [7, 11) is 0. The second-order valence-electron chi connectivity index (χ2n) is 8.01. The number of fused-ring (bicyclic) bond motifs is 1. The summed E-state index contributed by atoms with van der Waals surface area (Å²) in [5.74, 6) is 1.83. The summed E-state index contributed by atoms with van der Waals surface area (Å²) < 4.78 is 0. The van der Waals surface area contributed by atoms with Crippen LogP contribution in [0.2, 0.25) is 10.0 Å². The van der Waals surface area contributed by atoms with Crippen LogP contribution in [-0.4, -0.2) is 44.4 Å². The molecule has 1 saturated heterocycles. The number of carbonyl (C=O) groups is 1. The average molecular weight is 454 g/mol. The van der Waals surface area contributed by atoms with E-state index >= 15 is 0 Å². The van der Waals surface area contributed by atoms with Gasteiger partial charge in [-0.3, -0.25) is 4.79 Å². The molecule has 158 valence electrons. The number of rotatable bonds is 5. The van der Waals surface area contributed by atoms with Crippen molar-refractivity contribution >= 4 is 34.9 Å². The van der Waals surface area contributed by atoms with Crippen molar-refractivity contribution in [3.05, 3.63) is 70.6 Å². The van der Waals surface area contributed by atoms with Gasteiger partial charge in [0.1, 0.15) is 5.82 Å². The molecule has 3 heterocycles. The number of carbonyl (C=O) groups excluding carboxylic acids is 1. The number of nitrogens with one attached hydrogen (secondary N) is 1. The molecule has 1 amide bonds. The highest BCUT2D eigenvalue weighted by Gasteiger charge is 2.50. The number of hydrogen-bond acceptors (Lipinski definition) is 5. The fourth-order valence-electron chi connectivity index (χ4n) is 4.38. The van der Waals surface area contributed by atoms with Gasteiger partial charge in [-0.05, 0) is 61.6 Å². The van der Waals surface area contributed by atoms with E-state index in [9.17, 15) is 4.79 Å². The molecule has 3 unspecified atom stereocenters. The summed E-state index contributed by atoms with van der Waals surface area (Å²) in [5, 5.41) is 4.48. The van der Waals surface area contributed by atoms with E-state index in [0.717, 1.165) is 25.1 Å². The zero-order valence-electron chi connectivity index (χ0n) is 16.7. The zero-order valence-corrected chi connectivity index (χ0v) is 18.2. The van der Waals surface area contributed by atoms with Crippen LogP contribution in [0, 0.1) is 5.92 Å². The summed E-state index contributed by atoms with van der Waals surface area (Å²) >= 11 is 12.2. The first-order chi connectivity index (χ1) is 15.1. The number of anilines is 1. The quantitative estimate of drug-likeness (QED) is 0.591. The largest absolute Gasteiger partial charge is 0.368 e. The molecule has 0 spiro atoms. The Balaban J connectivity index is 1.43. The van der Waals surface area contributed by atoms with Crippen LogP contribution in [0.4, 0.5) is 5.82 Å². The maximum absolute atomic E-state index is 13.8. The van der Waals surface area contributed by atoms with Crippen molar-refractivity contribution in [2.45, 2.75) is 31.3 Å². The van der Waals surface area contributed by atoms with E-state index < -0.39 is 0 Å². The normalized spacial score (nSPS) is 22.0. The number of aromatic nitrogens is 3. The minimum atomic E-state index is -0.0204. The van der Waals surface area contributed by atoms with E-state index in [2.05, 4.69) is 20.3 Å². The van der Waals surface area contributed by atoms with Crippen molar-refractivity contribution in [3.63, 3.8) is 0 Å². The van der Waals surface area contributed by atoms with Crippen molar-refractivity contribution in [1.29, 1.82) is 0 Å².